The summed E-state index contributed by atoms with van der Waals surface area (Å²) in [4.78, 5) is 24.1. The molecular formula is C26H30N6O4S. The number of anilines is 1. The van der Waals surface area contributed by atoms with Gasteiger partial charge in [-0.05, 0) is 28.8 Å². The maximum Gasteiger partial charge on any atom is 0.251 e. The molecular weight excluding hydrogens is 492 g/mol. The molecule has 3 aromatic rings. The Hall–Kier alpha value is -3.38. The molecule has 3 heterocycles. The van der Waals surface area contributed by atoms with E-state index >= 15 is 0 Å². The number of morpholine rings is 1. The Morgan fingerprint density at radius 3 is 1.97 bits per heavy atom. The van der Waals surface area contributed by atoms with Crippen LogP contribution in [0.4, 0.5) is 5.95 Å². The monoisotopic (exact) mass is 522 g/mol. The van der Waals surface area contributed by atoms with Crippen molar-refractivity contribution in [3.05, 3.63) is 72.1 Å². The number of hydrogen-bond donors (Lipinski definition) is 1. The number of nitrogens with zero attached hydrogens (tertiary/aromatic N) is 5. The van der Waals surface area contributed by atoms with Gasteiger partial charge in [0.1, 0.15) is 0 Å². The van der Waals surface area contributed by atoms with E-state index in [2.05, 4.69) is 39.1 Å². The van der Waals surface area contributed by atoms with Crippen molar-refractivity contribution >= 4 is 21.9 Å². The van der Waals surface area contributed by atoms with E-state index in [4.69, 9.17) is 10.5 Å². The SMILES string of the molecule is NC(=O)c1cnc(N2CCN(S(=O)(=O)c3ccc(-c4ccc(CN5CCOCC5)cc4)cc3)CC2)nc1. The molecule has 0 atom stereocenters. The van der Waals surface area contributed by atoms with Gasteiger partial charge in [0.25, 0.3) is 5.91 Å². The van der Waals surface area contributed by atoms with E-state index in [-0.39, 0.29) is 10.5 Å². The molecule has 2 fully saturated rings. The van der Waals surface area contributed by atoms with Gasteiger partial charge in [-0.2, -0.15) is 4.31 Å². The van der Waals surface area contributed by atoms with Crippen molar-refractivity contribution in [3.8, 4) is 11.1 Å². The highest BCUT2D eigenvalue weighted by Crippen LogP contribution is 2.25. The molecule has 5 rings (SSSR count). The van der Waals surface area contributed by atoms with Crippen LogP contribution in [0.3, 0.4) is 0 Å². The number of amides is 1. The van der Waals surface area contributed by atoms with Crippen LogP contribution in [0.25, 0.3) is 11.1 Å². The predicted octanol–water partition coefficient (Wildman–Crippen LogP) is 1.59. The molecule has 0 radical (unpaired) electrons. The summed E-state index contributed by atoms with van der Waals surface area (Å²) in [5.41, 5.74) is 8.73. The van der Waals surface area contributed by atoms with Crippen molar-refractivity contribution in [1.82, 2.24) is 19.2 Å². The summed E-state index contributed by atoms with van der Waals surface area (Å²) < 4.78 is 33.4. The lowest BCUT2D eigenvalue weighted by molar-refractivity contribution is 0.0342. The van der Waals surface area contributed by atoms with Crippen LogP contribution in [0.5, 0.6) is 0 Å². The number of piperazine rings is 1. The van der Waals surface area contributed by atoms with Gasteiger partial charge in [0.2, 0.25) is 16.0 Å². The Morgan fingerprint density at radius 1 is 0.838 bits per heavy atom. The first-order chi connectivity index (χ1) is 17.9. The van der Waals surface area contributed by atoms with Crippen LogP contribution < -0.4 is 10.6 Å². The van der Waals surface area contributed by atoms with Gasteiger partial charge < -0.3 is 15.4 Å². The summed E-state index contributed by atoms with van der Waals surface area (Å²) in [6, 6.07) is 15.5. The van der Waals surface area contributed by atoms with E-state index in [1.807, 2.05) is 17.0 Å². The second-order valence-corrected chi connectivity index (χ2v) is 11.1. The second-order valence-electron chi connectivity index (χ2n) is 9.14. The zero-order chi connectivity index (χ0) is 25.8. The topological polar surface area (TPSA) is 122 Å². The molecule has 2 saturated heterocycles. The molecule has 0 aliphatic carbocycles. The smallest absolute Gasteiger partial charge is 0.251 e. The van der Waals surface area contributed by atoms with E-state index in [1.54, 1.807) is 12.1 Å². The Labute approximate surface area is 216 Å². The van der Waals surface area contributed by atoms with Crippen LogP contribution in [0.2, 0.25) is 0 Å². The average Bonchev–Trinajstić information content (AvgIpc) is 2.94. The first-order valence-electron chi connectivity index (χ1n) is 12.3. The molecule has 1 amide bonds. The lowest BCUT2D eigenvalue weighted by atomic mass is 10.0. The van der Waals surface area contributed by atoms with Crippen LogP contribution >= 0.6 is 0 Å². The van der Waals surface area contributed by atoms with E-state index in [0.29, 0.717) is 32.1 Å². The molecule has 2 N–H and O–H groups in total. The van der Waals surface area contributed by atoms with Crippen LogP contribution in [-0.4, -0.2) is 86.0 Å². The molecule has 0 spiro atoms. The van der Waals surface area contributed by atoms with Crippen LogP contribution in [0.1, 0.15) is 15.9 Å². The number of primary amides is 1. The Kier molecular flexibility index (Phi) is 7.47. The van der Waals surface area contributed by atoms with Gasteiger partial charge in [0.15, 0.2) is 0 Å². The molecule has 2 aliphatic heterocycles. The number of aromatic nitrogens is 2. The van der Waals surface area contributed by atoms with Gasteiger partial charge in [-0.3, -0.25) is 9.69 Å². The van der Waals surface area contributed by atoms with Crippen molar-refractivity contribution in [2.75, 3.05) is 57.4 Å². The predicted molar refractivity (Wildman–Crippen MR) is 139 cm³/mol. The Morgan fingerprint density at radius 2 is 1.41 bits per heavy atom. The lowest BCUT2D eigenvalue weighted by Crippen LogP contribution is -2.49. The van der Waals surface area contributed by atoms with E-state index in [1.165, 1.54) is 22.3 Å². The zero-order valence-electron chi connectivity index (χ0n) is 20.5. The van der Waals surface area contributed by atoms with Gasteiger partial charge in [0, 0.05) is 58.2 Å². The van der Waals surface area contributed by atoms with Crippen molar-refractivity contribution in [2.24, 2.45) is 5.73 Å². The highest BCUT2D eigenvalue weighted by Gasteiger charge is 2.29. The number of carbonyl (C=O) groups is 1. The summed E-state index contributed by atoms with van der Waals surface area (Å²) in [5, 5.41) is 0. The number of nitrogens with two attached hydrogens (primary N) is 1. The molecule has 1 aromatic heterocycles. The van der Waals surface area contributed by atoms with Gasteiger partial charge in [0.05, 0.1) is 23.7 Å². The minimum Gasteiger partial charge on any atom is -0.379 e. The number of rotatable bonds is 7. The molecule has 10 nitrogen and oxygen atoms in total. The summed E-state index contributed by atoms with van der Waals surface area (Å²) >= 11 is 0. The Bertz CT molecular complexity index is 1320. The minimum atomic E-state index is -3.62. The van der Waals surface area contributed by atoms with Crippen molar-refractivity contribution < 1.29 is 17.9 Å². The van der Waals surface area contributed by atoms with Gasteiger partial charge in [-0.15, -0.1) is 0 Å². The molecule has 2 aliphatic rings. The van der Waals surface area contributed by atoms with Crippen molar-refractivity contribution in [3.63, 3.8) is 0 Å². The lowest BCUT2D eigenvalue weighted by Gasteiger charge is -2.34. The van der Waals surface area contributed by atoms with Crippen LogP contribution in [0.15, 0.2) is 65.8 Å². The number of sulfonamides is 1. The summed E-state index contributed by atoms with van der Waals surface area (Å²) in [7, 11) is -3.62. The maximum absolute atomic E-state index is 13.2. The van der Waals surface area contributed by atoms with Gasteiger partial charge in [-0.1, -0.05) is 36.4 Å². The third-order valence-corrected chi connectivity index (χ3v) is 8.65. The molecule has 0 unspecified atom stereocenters. The quantitative estimate of drug-likeness (QED) is 0.497. The number of hydrogen-bond acceptors (Lipinski definition) is 8. The highest BCUT2D eigenvalue weighted by molar-refractivity contribution is 7.89. The zero-order valence-corrected chi connectivity index (χ0v) is 21.3. The molecule has 194 valence electrons. The number of carbonyl (C=O) groups excluding carboxylic acids is 1. The molecule has 37 heavy (non-hydrogen) atoms. The molecule has 0 saturated carbocycles. The van der Waals surface area contributed by atoms with Crippen molar-refractivity contribution in [1.29, 1.82) is 0 Å². The molecule has 11 heteroatoms. The molecule has 0 bridgehead atoms. The highest BCUT2D eigenvalue weighted by atomic mass is 32.2. The normalized spacial score (nSPS) is 17.6. The van der Waals surface area contributed by atoms with Crippen LogP contribution in [0, 0.1) is 0 Å². The van der Waals surface area contributed by atoms with E-state index in [0.717, 1.165) is 44.0 Å². The minimum absolute atomic E-state index is 0.234. The number of ether oxygens (including phenoxy) is 1. The standard InChI is InChI=1S/C26H30N6O4S/c27-25(33)23-17-28-26(29-18-23)31-9-11-32(12-10-31)37(34,35)24-7-5-22(6-8-24)21-3-1-20(2-4-21)19-30-13-15-36-16-14-30/h1-8,17-18H,9-16,19H2,(H2,27,33). The fourth-order valence-electron chi connectivity index (χ4n) is 4.53. The maximum atomic E-state index is 13.2. The third kappa shape index (κ3) is 5.80. The van der Waals surface area contributed by atoms with E-state index < -0.39 is 15.9 Å². The first kappa shape index (κ1) is 25.3. The van der Waals surface area contributed by atoms with Gasteiger partial charge >= 0.3 is 0 Å². The summed E-state index contributed by atoms with van der Waals surface area (Å²) in [6.45, 7) is 5.89. The Balaban J connectivity index is 1.20. The largest absolute Gasteiger partial charge is 0.379 e. The summed E-state index contributed by atoms with van der Waals surface area (Å²) in [5.74, 6) is -0.142. The fourth-order valence-corrected chi connectivity index (χ4v) is 5.95. The average molecular weight is 523 g/mol. The first-order valence-corrected chi connectivity index (χ1v) is 13.7. The van der Waals surface area contributed by atoms with Crippen LogP contribution in [-0.2, 0) is 21.3 Å². The second kappa shape index (κ2) is 10.9. The fraction of sp³-hybridized carbons (Fsp3) is 0.346. The van der Waals surface area contributed by atoms with E-state index in [9.17, 15) is 13.2 Å². The van der Waals surface area contributed by atoms with Gasteiger partial charge in [-0.25, -0.2) is 18.4 Å². The number of benzene rings is 2. The van der Waals surface area contributed by atoms with Crippen molar-refractivity contribution in [2.45, 2.75) is 11.4 Å². The molecule has 2 aromatic carbocycles. The third-order valence-electron chi connectivity index (χ3n) is 6.73. The summed E-state index contributed by atoms with van der Waals surface area (Å²) in [6.07, 6.45) is 2.76.